The molecule has 0 aromatic rings. The molecular formula is C11H15NO. The van der Waals surface area contributed by atoms with Crippen molar-refractivity contribution < 1.29 is 4.74 Å². The Labute approximate surface area is 79.5 Å². The maximum atomic E-state index is 5.46. The fraction of sp³-hybridized carbons (Fsp3) is 0.273. The van der Waals surface area contributed by atoms with Gasteiger partial charge in [-0.15, -0.1) is 6.58 Å². The summed E-state index contributed by atoms with van der Waals surface area (Å²) in [5, 5.41) is 0. The van der Waals surface area contributed by atoms with Crippen molar-refractivity contribution in [2.24, 2.45) is 0 Å². The average Bonchev–Trinajstić information content (AvgIpc) is 2.10. The summed E-state index contributed by atoms with van der Waals surface area (Å²) in [7, 11) is 0. The molecule has 0 N–H and O–H groups in total. The van der Waals surface area contributed by atoms with Gasteiger partial charge in [0.15, 0.2) is 0 Å². The van der Waals surface area contributed by atoms with Crippen LogP contribution in [-0.4, -0.2) is 24.7 Å². The van der Waals surface area contributed by atoms with E-state index in [0.29, 0.717) is 6.73 Å². The monoisotopic (exact) mass is 177 g/mol. The van der Waals surface area contributed by atoms with Gasteiger partial charge in [-0.1, -0.05) is 25.3 Å². The molecule has 1 aliphatic rings. The Kier molecular flexibility index (Phi) is 3.53. The van der Waals surface area contributed by atoms with Crippen LogP contribution in [-0.2, 0) is 4.74 Å². The molecule has 0 atom stereocenters. The molecule has 0 amide bonds. The lowest BCUT2D eigenvalue weighted by Crippen LogP contribution is -2.33. The van der Waals surface area contributed by atoms with E-state index in [0.717, 1.165) is 24.4 Å². The van der Waals surface area contributed by atoms with Gasteiger partial charge < -0.3 is 4.74 Å². The maximum Gasteiger partial charge on any atom is 0.142 e. The Balaban J connectivity index is 2.56. The second-order valence-electron chi connectivity index (χ2n) is 2.94. The van der Waals surface area contributed by atoms with Crippen molar-refractivity contribution in [1.82, 2.24) is 4.90 Å². The second-order valence-corrected chi connectivity index (χ2v) is 2.94. The molecule has 1 aliphatic heterocycles. The fourth-order valence-corrected chi connectivity index (χ4v) is 1.23. The molecule has 13 heavy (non-hydrogen) atoms. The summed E-state index contributed by atoms with van der Waals surface area (Å²) in [4.78, 5) is 2.12. The van der Waals surface area contributed by atoms with Crippen molar-refractivity contribution in [1.29, 1.82) is 0 Å². The first-order valence-corrected chi connectivity index (χ1v) is 4.25. The number of ether oxygens (including phenoxy) is 1. The van der Waals surface area contributed by atoms with Crippen molar-refractivity contribution in [3.05, 3.63) is 49.3 Å². The van der Waals surface area contributed by atoms with Crippen molar-refractivity contribution >= 4 is 0 Å². The molecule has 2 nitrogen and oxygen atoms in total. The van der Waals surface area contributed by atoms with Crippen LogP contribution in [0.1, 0.15) is 0 Å². The molecule has 0 bridgehead atoms. The highest BCUT2D eigenvalue weighted by Gasteiger charge is 2.15. The van der Waals surface area contributed by atoms with Gasteiger partial charge in [-0.3, -0.25) is 4.90 Å². The zero-order valence-corrected chi connectivity index (χ0v) is 7.83. The van der Waals surface area contributed by atoms with Crippen molar-refractivity contribution in [2.75, 3.05) is 19.8 Å². The molecule has 2 heteroatoms. The number of hydrogen-bond acceptors (Lipinski definition) is 2. The number of allylic oxidation sites excluding steroid dienone is 2. The summed E-state index contributed by atoms with van der Waals surface area (Å²) in [6.45, 7) is 13.5. The van der Waals surface area contributed by atoms with Crippen LogP contribution in [0, 0.1) is 0 Å². The third-order valence-electron chi connectivity index (χ3n) is 1.82. The van der Waals surface area contributed by atoms with Gasteiger partial charge in [0.2, 0.25) is 0 Å². The zero-order chi connectivity index (χ0) is 9.68. The van der Waals surface area contributed by atoms with Crippen molar-refractivity contribution in [2.45, 2.75) is 0 Å². The van der Waals surface area contributed by atoms with Crippen molar-refractivity contribution in [3.63, 3.8) is 0 Å². The first kappa shape index (κ1) is 9.81. The molecule has 0 radical (unpaired) electrons. The number of rotatable bonds is 3. The van der Waals surface area contributed by atoms with E-state index in [9.17, 15) is 0 Å². The molecule has 1 rings (SSSR count). The number of hydrogen-bond donors (Lipinski definition) is 0. The third kappa shape index (κ3) is 2.60. The maximum absolute atomic E-state index is 5.46. The fourth-order valence-electron chi connectivity index (χ4n) is 1.23. The van der Waals surface area contributed by atoms with Crippen LogP contribution in [0.2, 0.25) is 0 Å². The van der Waals surface area contributed by atoms with E-state index in [4.69, 9.17) is 4.74 Å². The average molecular weight is 177 g/mol. The minimum absolute atomic E-state index is 0.602. The van der Waals surface area contributed by atoms with Gasteiger partial charge in [0.05, 0.1) is 0 Å². The molecule has 1 saturated heterocycles. The molecular weight excluding hydrogens is 162 g/mol. The van der Waals surface area contributed by atoms with Crippen molar-refractivity contribution in [3.8, 4) is 0 Å². The van der Waals surface area contributed by atoms with Crippen LogP contribution >= 0.6 is 0 Å². The van der Waals surface area contributed by atoms with E-state index in [1.54, 1.807) is 6.08 Å². The van der Waals surface area contributed by atoms with Gasteiger partial charge in [0.1, 0.15) is 12.5 Å². The van der Waals surface area contributed by atoms with E-state index in [2.05, 4.69) is 24.6 Å². The summed E-state index contributed by atoms with van der Waals surface area (Å²) >= 11 is 0. The summed E-state index contributed by atoms with van der Waals surface area (Å²) in [5.41, 5.74) is 0.994. The second kappa shape index (κ2) is 4.67. The first-order valence-electron chi connectivity index (χ1n) is 4.25. The van der Waals surface area contributed by atoms with Crippen LogP contribution in [0.4, 0.5) is 0 Å². The molecule has 1 heterocycles. The van der Waals surface area contributed by atoms with E-state index in [-0.39, 0.29) is 0 Å². The minimum Gasteiger partial charge on any atom is -0.478 e. The topological polar surface area (TPSA) is 12.5 Å². The zero-order valence-electron chi connectivity index (χ0n) is 7.83. The molecule has 0 aliphatic carbocycles. The van der Waals surface area contributed by atoms with Gasteiger partial charge in [0, 0.05) is 18.7 Å². The van der Waals surface area contributed by atoms with Crippen LogP contribution in [0.5, 0.6) is 0 Å². The van der Waals surface area contributed by atoms with Gasteiger partial charge in [-0.05, 0) is 6.08 Å². The Morgan fingerprint density at radius 1 is 1.46 bits per heavy atom. The minimum atomic E-state index is 0.602. The van der Waals surface area contributed by atoms with Crippen LogP contribution < -0.4 is 0 Å². The van der Waals surface area contributed by atoms with E-state index >= 15 is 0 Å². The van der Waals surface area contributed by atoms with Gasteiger partial charge in [0.25, 0.3) is 0 Å². The molecule has 0 spiro atoms. The summed E-state index contributed by atoms with van der Waals surface area (Å²) < 4.78 is 5.46. The smallest absolute Gasteiger partial charge is 0.142 e. The first-order chi connectivity index (χ1) is 6.27. The van der Waals surface area contributed by atoms with Crippen LogP contribution in [0.3, 0.4) is 0 Å². The summed E-state index contributed by atoms with van der Waals surface area (Å²) in [5.74, 6) is 0.843. The lowest BCUT2D eigenvalue weighted by molar-refractivity contribution is 0.0659. The molecule has 0 saturated carbocycles. The van der Waals surface area contributed by atoms with Crippen LogP contribution in [0.25, 0.3) is 0 Å². The highest BCUT2D eigenvalue weighted by atomic mass is 16.5. The predicted molar refractivity (Wildman–Crippen MR) is 55.1 cm³/mol. The van der Waals surface area contributed by atoms with Gasteiger partial charge >= 0.3 is 0 Å². The third-order valence-corrected chi connectivity index (χ3v) is 1.82. The molecule has 0 unspecified atom stereocenters. The highest BCUT2D eigenvalue weighted by molar-refractivity contribution is 5.28. The Morgan fingerprint density at radius 3 is 2.77 bits per heavy atom. The molecule has 0 aromatic heterocycles. The largest absolute Gasteiger partial charge is 0.478 e. The van der Waals surface area contributed by atoms with E-state index in [1.807, 2.05) is 12.2 Å². The summed E-state index contributed by atoms with van der Waals surface area (Å²) in [6, 6.07) is 0. The standard InChI is InChI=1S/C11H15NO/c1-4-6-11-10(3)8-12(7-5-2)9-13-11/h4-6H,1-3,7-9H2/b11-6+. The quantitative estimate of drug-likeness (QED) is 0.612. The molecule has 1 fully saturated rings. The van der Waals surface area contributed by atoms with Crippen LogP contribution in [0.15, 0.2) is 49.3 Å². The lowest BCUT2D eigenvalue weighted by atomic mass is 10.2. The Bertz CT molecular complexity index is 253. The number of nitrogens with zero attached hydrogens (tertiary/aromatic N) is 1. The normalized spacial score (nSPS) is 21.2. The summed E-state index contributed by atoms with van der Waals surface area (Å²) in [6.07, 6.45) is 5.41. The SMILES string of the molecule is C=C/C=C1/OCN(CC=C)CC1=C. The van der Waals surface area contributed by atoms with E-state index < -0.39 is 0 Å². The molecule has 0 aromatic carbocycles. The Morgan fingerprint density at radius 2 is 2.23 bits per heavy atom. The molecule has 70 valence electrons. The van der Waals surface area contributed by atoms with Gasteiger partial charge in [-0.25, -0.2) is 0 Å². The lowest BCUT2D eigenvalue weighted by Gasteiger charge is -2.29. The predicted octanol–water partition coefficient (Wildman–Crippen LogP) is 2.09. The Hall–Kier alpha value is -1.28. The highest BCUT2D eigenvalue weighted by Crippen LogP contribution is 2.17. The van der Waals surface area contributed by atoms with E-state index in [1.165, 1.54) is 0 Å². The van der Waals surface area contributed by atoms with Gasteiger partial charge in [-0.2, -0.15) is 0 Å².